The third kappa shape index (κ3) is 5.72. The van der Waals surface area contributed by atoms with E-state index in [2.05, 4.69) is 175 Å². The lowest BCUT2D eigenvalue weighted by Gasteiger charge is -2.12. The van der Waals surface area contributed by atoms with Gasteiger partial charge >= 0.3 is 0 Å². The van der Waals surface area contributed by atoms with Gasteiger partial charge in [0.15, 0.2) is 5.82 Å². The minimum Gasteiger partial charge on any atom is -0.264 e. The fraction of sp³-hybridized carbons (Fsp3) is 0. The van der Waals surface area contributed by atoms with Crippen LogP contribution in [0.2, 0.25) is 0 Å². The van der Waals surface area contributed by atoms with Crippen molar-refractivity contribution in [2.45, 2.75) is 0 Å². The van der Waals surface area contributed by atoms with Crippen LogP contribution >= 0.6 is 0 Å². The molecule has 2 aromatic heterocycles. The molecule has 0 N–H and O–H groups in total. The van der Waals surface area contributed by atoms with Crippen LogP contribution < -0.4 is 0 Å². The molecule has 234 valence electrons. The second-order valence-electron chi connectivity index (χ2n) is 12.5. The number of pyridine rings is 1. The Kier molecular flexibility index (Phi) is 7.49. The highest BCUT2D eigenvalue weighted by Gasteiger charge is 2.13. The third-order valence-corrected chi connectivity index (χ3v) is 9.39. The molecule has 0 aliphatic rings. The highest BCUT2D eigenvalue weighted by Crippen LogP contribution is 2.34. The number of hydrogen-bond donors (Lipinski definition) is 0. The molecule has 3 nitrogen and oxygen atoms in total. The normalized spacial score (nSPS) is 11.2. The van der Waals surface area contributed by atoms with E-state index in [1.54, 1.807) is 6.20 Å². The predicted molar refractivity (Wildman–Crippen MR) is 207 cm³/mol. The van der Waals surface area contributed by atoms with Gasteiger partial charge in [0, 0.05) is 29.1 Å². The van der Waals surface area contributed by atoms with Crippen molar-refractivity contribution in [1.82, 2.24) is 15.0 Å². The summed E-state index contributed by atoms with van der Waals surface area (Å²) in [5, 5.41) is 4.93. The second-order valence-corrected chi connectivity index (χ2v) is 12.5. The summed E-state index contributed by atoms with van der Waals surface area (Å²) in [4.78, 5) is 14.6. The lowest BCUT2D eigenvalue weighted by molar-refractivity contribution is 1.18. The number of fused-ring (bicyclic) bond motifs is 2. The molecule has 0 spiro atoms. The Hall–Kier alpha value is -6.71. The largest absolute Gasteiger partial charge is 0.264 e. The number of rotatable bonds is 6. The summed E-state index contributed by atoms with van der Waals surface area (Å²) < 4.78 is 0. The first-order valence-corrected chi connectivity index (χ1v) is 16.8. The average Bonchev–Trinajstić information content (AvgIpc) is 3.21. The maximum absolute atomic E-state index is 5.18. The zero-order chi connectivity index (χ0) is 33.3. The van der Waals surface area contributed by atoms with Crippen LogP contribution in [0.4, 0.5) is 0 Å². The first-order chi connectivity index (χ1) is 24.7. The third-order valence-electron chi connectivity index (χ3n) is 9.39. The van der Waals surface area contributed by atoms with Crippen molar-refractivity contribution in [1.29, 1.82) is 0 Å². The van der Waals surface area contributed by atoms with Crippen molar-refractivity contribution in [3.8, 4) is 67.3 Å². The van der Waals surface area contributed by atoms with E-state index < -0.39 is 0 Å². The molecule has 0 aliphatic heterocycles. The molecule has 0 bridgehead atoms. The topological polar surface area (TPSA) is 38.7 Å². The Morgan fingerprint density at radius 3 is 1.66 bits per heavy atom. The molecule has 0 amide bonds. The summed E-state index contributed by atoms with van der Waals surface area (Å²) in [6.07, 6.45) is 3.69. The molecule has 0 aliphatic carbocycles. The summed E-state index contributed by atoms with van der Waals surface area (Å²) in [5.41, 5.74) is 11.7. The van der Waals surface area contributed by atoms with E-state index >= 15 is 0 Å². The minimum atomic E-state index is 0.689. The maximum atomic E-state index is 5.18. The van der Waals surface area contributed by atoms with Crippen LogP contribution in [-0.2, 0) is 0 Å². The summed E-state index contributed by atoms with van der Waals surface area (Å²) in [6.45, 7) is 0. The Morgan fingerprint density at radius 2 is 0.900 bits per heavy atom. The van der Waals surface area contributed by atoms with Crippen LogP contribution in [0.5, 0.6) is 0 Å². The van der Waals surface area contributed by atoms with Gasteiger partial charge in [0.2, 0.25) is 0 Å². The van der Waals surface area contributed by atoms with Gasteiger partial charge in [-0.3, -0.25) is 4.98 Å². The van der Waals surface area contributed by atoms with Gasteiger partial charge in [-0.2, -0.15) is 0 Å². The SMILES string of the molecule is c1cncc(-c2ccc(-c3cc(-c4ccc(-c5cccc6ccccc56)cc4)nc(-c4cccc(-c5ccc6ccccc6c5)c4)n3)cc2)c1. The Balaban J connectivity index is 1.14. The highest BCUT2D eigenvalue weighted by atomic mass is 14.9. The van der Waals surface area contributed by atoms with Gasteiger partial charge < -0.3 is 0 Å². The molecule has 0 radical (unpaired) electrons. The summed E-state index contributed by atoms with van der Waals surface area (Å²) in [5.74, 6) is 0.689. The molecule has 0 fully saturated rings. The van der Waals surface area contributed by atoms with Crippen LogP contribution in [0.25, 0.3) is 88.8 Å². The summed E-state index contributed by atoms with van der Waals surface area (Å²) >= 11 is 0. The Morgan fingerprint density at radius 1 is 0.320 bits per heavy atom. The number of nitrogens with zero attached hydrogens (tertiary/aromatic N) is 3. The first kappa shape index (κ1) is 29.4. The van der Waals surface area contributed by atoms with E-state index in [9.17, 15) is 0 Å². The van der Waals surface area contributed by atoms with Crippen molar-refractivity contribution in [2.24, 2.45) is 0 Å². The van der Waals surface area contributed by atoms with Crippen molar-refractivity contribution in [3.05, 3.63) is 188 Å². The van der Waals surface area contributed by atoms with Crippen LogP contribution in [0, 0.1) is 0 Å². The van der Waals surface area contributed by atoms with Crippen molar-refractivity contribution in [3.63, 3.8) is 0 Å². The molecule has 9 aromatic rings. The van der Waals surface area contributed by atoms with Gasteiger partial charge in [-0.1, -0.05) is 152 Å². The zero-order valence-electron chi connectivity index (χ0n) is 27.2. The molecular weight excluding hydrogens is 607 g/mol. The molecule has 7 aromatic carbocycles. The molecule has 3 heteroatoms. The minimum absolute atomic E-state index is 0.689. The predicted octanol–water partition coefficient (Wildman–Crippen LogP) is 12.2. The highest BCUT2D eigenvalue weighted by molar-refractivity contribution is 5.97. The van der Waals surface area contributed by atoms with Crippen LogP contribution in [0.15, 0.2) is 188 Å². The zero-order valence-corrected chi connectivity index (χ0v) is 27.2. The monoisotopic (exact) mass is 637 g/mol. The Bertz CT molecular complexity index is 2620. The van der Waals surface area contributed by atoms with Gasteiger partial charge in [-0.15, -0.1) is 0 Å². The van der Waals surface area contributed by atoms with E-state index in [4.69, 9.17) is 9.97 Å². The van der Waals surface area contributed by atoms with Gasteiger partial charge in [-0.25, -0.2) is 9.97 Å². The van der Waals surface area contributed by atoms with Crippen molar-refractivity contribution >= 4 is 21.5 Å². The summed E-state index contributed by atoms with van der Waals surface area (Å²) in [7, 11) is 0. The molecule has 0 unspecified atom stereocenters. The molecule has 50 heavy (non-hydrogen) atoms. The van der Waals surface area contributed by atoms with E-state index in [1.807, 2.05) is 12.3 Å². The lowest BCUT2D eigenvalue weighted by Crippen LogP contribution is -1.96. The molecule has 0 atom stereocenters. The standard InChI is InChI=1S/C47H31N3/c1-2-10-38-28-40(26-19-32(38)8-1)39-12-5-13-41(29-39)47-49-45(36-22-17-33(18-23-36)42-14-7-27-48-31-42)30-46(50-47)37-24-20-35(21-25-37)44-16-6-11-34-9-3-4-15-43(34)44/h1-31H. The average molecular weight is 638 g/mol. The fourth-order valence-corrected chi connectivity index (χ4v) is 6.74. The molecule has 2 heterocycles. The molecule has 0 saturated carbocycles. The van der Waals surface area contributed by atoms with Crippen molar-refractivity contribution in [2.75, 3.05) is 0 Å². The molecular formula is C47H31N3. The summed E-state index contributed by atoms with van der Waals surface area (Å²) in [6, 6.07) is 62.0. The quantitative estimate of drug-likeness (QED) is 0.182. The second kappa shape index (κ2) is 12.7. The van der Waals surface area contributed by atoms with E-state index in [0.29, 0.717) is 5.82 Å². The molecule has 9 rings (SSSR count). The first-order valence-electron chi connectivity index (χ1n) is 16.8. The Labute approximate surface area is 291 Å². The van der Waals surface area contributed by atoms with E-state index in [1.165, 1.54) is 32.7 Å². The number of benzene rings is 7. The van der Waals surface area contributed by atoms with Crippen LogP contribution in [0.3, 0.4) is 0 Å². The van der Waals surface area contributed by atoms with Gasteiger partial charge in [0.05, 0.1) is 11.4 Å². The number of hydrogen-bond acceptors (Lipinski definition) is 3. The van der Waals surface area contributed by atoms with Crippen LogP contribution in [0.1, 0.15) is 0 Å². The maximum Gasteiger partial charge on any atom is 0.160 e. The van der Waals surface area contributed by atoms with E-state index in [0.717, 1.165) is 50.3 Å². The lowest BCUT2D eigenvalue weighted by atomic mass is 9.96. The van der Waals surface area contributed by atoms with Crippen molar-refractivity contribution < 1.29 is 0 Å². The van der Waals surface area contributed by atoms with Gasteiger partial charge in [0.25, 0.3) is 0 Å². The van der Waals surface area contributed by atoms with E-state index in [-0.39, 0.29) is 0 Å². The smallest absolute Gasteiger partial charge is 0.160 e. The molecule has 0 saturated heterocycles. The van der Waals surface area contributed by atoms with Gasteiger partial charge in [-0.05, 0) is 79.2 Å². The van der Waals surface area contributed by atoms with Crippen LogP contribution in [-0.4, -0.2) is 15.0 Å². The number of aromatic nitrogens is 3. The van der Waals surface area contributed by atoms with Gasteiger partial charge in [0.1, 0.15) is 0 Å². The fourth-order valence-electron chi connectivity index (χ4n) is 6.74.